The molecule has 0 amide bonds. The van der Waals surface area contributed by atoms with Crippen LogP contribution in [0.25, 0.3) is 0 Å². The third kappa shape index (κ3) is 3.16. The van der Waals surface area contributed by atoms with Crippen LogP contribution in [0.2, 0.25) is 5.02 Å². The van der Waals surface area contributed by atoms with Crippen LogP contribution in [0, 0.1) is 0 Å². The van der Waals surface area contributed by atoms with Crippen molar-refractivity contribution in [1.29, 1.82) is 0 Å². The van der Waals surface area contributed by atoms with Gasteiger partial charge in [0.2, 0.25) is 0 Å². The largest absolute Gasteiger partial charge is 0.389 e. The number of aliphatic hydroxyl groups excluding tert-OH is 1. The van der Waals surface area contributed by atoms with E-state index in [9.17, 15) is 5.11 Å². The first-order chi connectivity index (χ1) is 8.58. The summed E-state index contributed by atoms with van der Waals surface area (Å²) in [7, 11) is 2.15. The Labute approximate surface area is 114 Å². The lowest BCUT2D eigenvalue weighted by Gasteiger charge is -2.24. The summed E-state index contributed by atoms with van der Waals surface area (Å²) in [6.07, 6.45) is 0.692. The van der Waals surface area contributed by atoms with Gasteiger partial charge in [0.15, 0.2) is 0 Å². The highest BCUT2D eigenvalue weighted by atomic mass is 35.5. The van der Waals surface area contributed by atoms with E-state index in [-0.39, 0.29) is 0 Å². The van der Waals surface area contributed by atoms with E-state index < -0.39 is 6.10 Å². The Kier molecular flexibility index (Phi) is 4.49. The lowest BCUT2D eigenvalue weighted by molar-refractivity contribution is 0.199. The average molecular weight is 269 g/mol. The lowest BCUT2D eigenvalue weighted by atomic mass is 10.1. The smallest absolute Gasteiger partial charge is 0.0762 e. The molecular formula is C14H21ClN2O. The van der Waals surface area contributed by atoms with Gasteiger partial charge in [-0.15, -0.1) is 0 Å². The zero-order valence-electron chi connectivity index (χ0n) is 11.1. The van der Waals surface area contributed by atoms with Crippen LogP contribution in [0.1, 0.15) is 25.0 Å². The highest BCUT2D eigenvalue weighted by molar-refractivity contribution is 6.33. The highest BCUT2D eigenvalue weighted by Crippen LogP contribution is 2.29. The number of hydrogen-bond acceptors (Lipinski definition) is 3. The molecule has 0 bridgehead atoms. The molecule has 0 aliphatic carbocycles. The van der Waals surface area contributed by atoms with Crippen LogP contribution >= 0.6 is 11.6 Å². The second kappa shape index (κ2) is 5.91. The molecule has 2 rings (SSSR count). The van der Waals surface area contributed by atoms with E-state index in [1.54, 1.807) is 6.92 Å². The number of nitrogens with zero attached hydrogens (tertiary/aromatic N) is 2. The fourth-order valence-electron chi connectivity index (χ4n) is 2.33. The first kappa shape index (κ1) is 13.7. The van der Waals surface area contributed by atoms with Gasteiger partial charge in [0.05, 0.1) is 16.8 Å². The maximum atomic E-state index is 9.55. The molecule has 1 aromatic rings. The van der Waals surface area contributed by atoms with Crippen molar-refractivity contribution >= 4 is 17.3 Å². The molecule has 1 N–H and O–H groups in total. The molecule has 1 aromatic carbocycles. The van der Waals surface area contributed by atoms with Crippen molar-refractivity contribution in [3.8, 4) is 0 Å². The van der Waals surface area contributed by atoms with Crippen LogP contribution in [0.5, 0.6) is 0 Å². The minimum absolute atomic E-state index is 0.466. The second-order valence-corrected chi connectivity index (χ2v) is 5.44. The Morgan fingerprint density at radius 1 is 1.22 bits per heavy atom. The van der Waals surface area contributed by atoms with Gasteiger partial charge in [-0.2, -0.15) is 0 Å². The summed E-state index contributed by atoms with van der Waals surface area (Å²) in [5.74, 6) is 0. The summed E-state index contributed by atoms with van der Waals surface area (Å²) >= 11 is 6.33. The molecule has 1 heterocycles. The number of anilines is 1. The normalized spacial score (nSPS) is 19.7. The summed E-state index contributed by atoms with van der Waals surface area (Å²) in [5, 5.41) is 10.3. The van der Waals surface area contributed by atoms with Gasteiger partial charge in [0.25, 0.3) is 0 Å². The van der Waals surface area contributed by atoms with Crippen LogP contribution in [0.3, 0.4) is 0 Å². The Hall–Kier alpha value is -0.770. The fourth-order valence-corrected chi connectivity index (χ4v) is 2.64. The molecule has 1 aliphatic rings. The summed E-state index contributed by atoms with van der Waals surface area (Å²) in [5.41, 5.74) is 1.95. The van der Waals surface area contributed by atoms with Crippen molar-refractivity contribution in [2.45, 2.75) is 19.4 Å². The van der Waals surface area contributed by atoms with Crippen LogP contribution in [-0.2, 0) is 0 Å². The number of halogens is 1. The molecule has 0 aromatic heterocycles. The molecular weight excluding hydrogens is 248 g/mol. The van der Waals surface area contributed by atoms with E-state index in [1.807, 2.05) is 18.2 Å². The first-order valence-corrected chi connectivity index (χ1v) is 6.86. The maximum Gasteiger partial charge on any atom is 0.0762 e. The van der Waals surface area contributed by atoms with Crippen molar-refractivity contribution in [2.75, 3.05) is 38.1 Å². The first-order valence-electron chi connectivity index (χ1n) is 6.49. The third-order valence-corrected chi connectivity index (χ3v) is 3.82. The van der Waals surface area contributed by atoms with Gasteiger partial charge >= 0.3 is 0 Å². The molecule has 18 heavy (non-hydrogen) atoms. The number of hydrogen-bond donors (Lipinski definition) is 1. The quantitative estimate of drug-likeness (QED) is 0.893. The predicted molar refractivity (Wildman–Crippen MR) is 76.4 cm³/mol. The van der Waals surface area contributed by atoms with Gasteiger partial charge in [-0.1, -0.05) is 17.7 Å². The van der Waals surface area contributed by atoms with Crippen molar-refractivity contribution in [3.05, 3.63) is 28.8 Å². The Bertz CT molecular complexity index is 409. The minimum Gasteiger partial charge on any atom is -0.389 e. The Morgan fingerprint density at radius 3 is 2.67 bits per heavy atom. The summed E-state index contributed by atoms with van der Waals surface area (Å²) in [6.45, 7) is 6.00. The standard InChI is InChI=1S/C14H21ClN2O/c1-11(18)12-4-5-14(13(15)10-12)17-7-3-6-16(2)8-9-17/h4-5,10-11,18H,3,6-9H2,1-2H3. The van der Waals surface area contributed by atoms with E-state index >= 15 is 0 Å². The molecule has 100 valence electrons. The topological polar surface area (TPSA) is 26.7 Å². The van der Waals surface area contributed by atoms with Crippen molar-refractivity contribution in [3.63, 3.8) is 0 Å². The van der Waals surface area contributed by atoms with Gasteiger partial charge < -0.3 is 14.9 Å². The maximum absolute atomic E-state index is 9.55. The highest BCUT2D eigenvalue weighted by Gasteiger charge is 2.15. The van der Waals surface area contributed by atoms with Gasteiger partial charge in [0, 0.05) is 19.6 Å². The number of benzene rings is 1. The number of likely N-dealkylation sites (N-methyl/N-ethyl adjacent to an activating group) is 1. The predicted octanol–water partition coefficient (Wildman–Crippen LogP) is 2.54. The van der Waals surface area contributed by atoms with E-state index in [2.05, 4.69) is 16.8 Å². The summed E-state index contributed by atoms with van der Waals surface area (Å²) in [4.78, 5) is 4.68. The monoisotopic (exact) mass is 268 g/mol. The molecule has 1 fully saturated rings. The van der Waals surface area contributed by atoms with Crippen molar-refractivity contribution < 1.29 is 5.11 Å². The van der Waals surface area contributed by atoms with Crippen molar-refractivity contribution in [2.24, 2.45) is 0 Å². The van der Waals surface area contributed by atoms with E-state index in [0.29, 0.717) is 0 Å². The SMILES string of the molecule is CC(O)c1ccc(N2CCCN(C)CC2)c(Cl)c1. The van der Waals surface area contributed by atoms with Crippen LogP contribution < -0.4 is 4.90 Å². The van der Waals surface area contributed by atoms with E-state index in [4.69, 9.17) is 11.6 Å². The number of rotatable bonds is 2. The second-order valence-electron chi connectivity index (χ2n) is 5.03. The van der Waals surface area contributed by atoms with Crippen LogP contribution in [-0.4, -0.2) is 43.2 Å². The number of aliphatic hydroxyl groups is 1. The Morgan fingerprint density at radius 2 is 2.00 bits per heavy atom. The van der Waals surface area contributed by atoms with Crippen LogP contribution in [0.4, 0.5) is 5.69 Å². The third-order valence-electron chi connectivity index (χ3n) is 3.51. The fraction of sp³-hybridized carbons (Fsp3) is 0.571. The summed E-state index contributed by atoms with van der Waals surface area (Å²) < 4.78 is 0. The van der Waals surface area contributed by atoms with Gasteiger partial charge in [-0.3, -0.25) is 0 Å². The molecule has 1 atom stereocenters. The molecule has 3 nitrogen and oxygen atoms in total. The molecule has 1 aliphatic heterocycles. The minimum atomic E-state index is -0.466. The van der Waals surface area contributed by atoms with E-state index in [0.717, 1.165) is 48.9 Å². The lowest BCUT2D eigenvalue weighted by Crippen LogP contribution is -2.28. The van der Waals surface area contributed by atoms with Crippen LogP contribution in [0.15, 0.2) is 18.2 Å². The molecule has 1 saturated heterocycles. The zero-order valence-corrected chi connectivity index (χ0v) is 11.8. The van der Waals surface area contributed by atoms with Gasteiger partial charge in [-0.25, -0.2) is 0 Å². The van der Waals surface area contributed by atoms with Crippen molar-refractivity contribution in [1.82, 2.24) is 4.90 Å². The summed E-state index contributed by atoms with van der Waals surface area (Å²) in [6, 6.07) is 5.85. The van der Waals surface area contributed by atoms with Gasteiger partial charge in [-0.05, 0) is 44.6 Å². The molecule has 0 saturated carbocycles. The zero-order chi connectivity index (χ0) is 13.1. The molecule has 4 heteroatoms. The Balaban J connectivity index is 2.17. The molecule has 0 radical (unpaired) electrons. The molecule has 1 unspecified atom stereocenters. The average Bonchev–Trinajstić information content (AvgIpc) is 2.54. The van der Waals surface area contributed by atoms with E-state index in [1.165, 1.54) is 0 Å². The molecule has 0 spiro atoms. The van der Waals surface area contributed by atoms with Gasteiger partial charge in [0.1, 0.15) is 0 Å².